The van der Waals surface area contributed by atoms with Crippen LogP contribution >= 0.6 is 0 Å². The van der Waals surface area contributed by atoms with Gasteiger partial charge in [-0.1, -0.05) is 0 Å². The number of esters is 4. The summed E-state index contributed by atoms with van der Waals surface area (Å²) in [4.78, 5) is 56.8. The minimum atomic E-state index is -1.42. The fourth-order valence-electron chi connectivity index (χ4n) is 3.06. The van der Waals surface area contributed by atoms with E-state index in [1.54, 1.807) is 0 Å². The Morgan fingerprint density at radius 1 is 0.848 bits per heavy atom. The predicted octanol–water partition coefficient (Wildman–Crippen LogP) is 1.06. The molecule has 1 aliphatic rings. The van der Waals surface area contributed by atoms with Gasteiger partial charge in [0.2, 0.25) is 12.4 Å². The second-order valence-corrected chi connectivity index (χ2v) is 6.94. The Bertz CT molecular complexity index is 899. The third-order valence-corrected chi connectivity index (χ3v) is 4.25. The normalized spacial score (nSPS) is 24.2. The summed E-state index contributed by atoms with van der Waals surface area (Å²) < 4.78 is 32.3. The average molecular weight is 469 g/mol. The number of nitrogens with zero attached hydrogens (tertiary/aromatic N) is 1. The maximum atomic E-state index is 11.8. The molecule has 0 spiro atoms. The standard InChI is InChI=1S/C20H23NO12/c1-10(22)28-9-16-17(29-11(2)23)18(30-12(3)24)19(31-13(4)25)20(33-16)32-15-7-5-14(6-8-15)21(26)27/h5-8,16-20H,9H2,1-4H3/t16-,17+,18+,19-,20+/m0/s1. The number of carbonyl (C=O) groups excluding carboxylic acids is 4. The molecule has 13 nitrogen and oxygen atoms in total. The van der Waals surface area contributed by atoms with Crippen LogP contribution in [0.1, 0.15) is 27.7 Å². The van der Waals surface area contributed by atoms with Crippen molar-refractivity contribution in [3.63, 3.8) is 0 Å². The molecule has 0 amide bonds. The molecule has 0 aliphatic carbocycles. The summed E-state index contributed by atoms with van der Waals surface area (Å²) in [5.74, 6) is -2.87. The number of nitro benzene ring substituents is 1. The number of benzene rings is 1. The maximum Gasteiger partial charge on any atom is 0.303 e. The first-order chi connectivity index (χ1) is 15.5. The van der Waals surface area contributed by atoms with E-state index >= 15 is 0 Å². The van der Waals surface area contributed by atoms with Crippen molar-refractivity contribution in [2.24, 2.45) is 0 Å². The van der Waals surface area contributed by atoms with Gasteiger partial charge in [-0.15, -0.1) is 0 Å². The molecule has 33 heavy (non-hydrogen) atoms. The van der Waals surface area contributed by atoms with Gasteiger partial charge >= 0.3 is 23.9 Å². The largest absolute Gasteiger partial charge is 0.463 e. The van der Waals surface area contributed by atoms with Crippen molar-refractivity contribution in [2.75, 3.05) is 6.61 Å². The van der Waals surface area contributed by atoms with E-state index in [0.29, 0.717) is 0 Å². The zero-order chi connectivity index (χ0) is 24.7. The van der Waals surface area contributed by atoms with Gasteiger partial charge in [0.15, 0.2) is 12.2 Å². The number of hydrogen-bond acceptors (Lipinski definition) is 12. The summed E-state index contributed by atoms with van der Waals surface area (Å²) in [6, 6.07) is 4.93. The minimum absolute atomic E-state index is 0.0986. The van der Waals surface area contributed by atoms with Crippen molar-refractivity contribution >= 4 is 29.6 Å². The minimum Gasteiger partial charge on any atom is -0.463 e. The number of nitro groups is 1. The summed E-state index contributed by atoms with van der Waals surface area (Å²) >= 11 is 0. The lowest BCUT2D eigenvalue weighted by Crippen LogP contribution is -2.63. The monoisotopic (exact) mass is 469 g/mol. The number of non-ortho nitro benzene ring substituents is 1. The van der Waals surface area contributed by atoms with Crippen molar-refractivity contribution in [3.05, 3.63) is 34.4 Å². The van der Waals surface area contributed by atoms with Crippen LogP contribution in [-0.4, -0.2) is 66.1 Å². The molecule has 180 valence electrons. The van der Waals surface area contributed by atoms with Crippen molar-refractivity contribution < 1.29 is 52.5 Å². The molecule has 1 fully saturated rings. The summed E-state index contributed by atoms with van der Waals surface area (Å²) in [7, 11) is 0. The molecule has 5 atom stereocenters. The van der Waals surface area contributed by atoms with Gasteiger partial charge in [0.25, 0.3) is 5.69 Å². The molecule has 2 rings (SSSR count). The van der Waals surface area contributed by atoms with E-state index in [-0.39, 0.29) is 11.4 Å². The SMILES string of the molecule is CC(=O)OC[C@@H]1O[C@@H](Oc2ccc([N+](=O)[O-])cc2)[C@@H](OC(C)=O)[C@H](OC(C)=O)[C@@H]1OC(C)=O. The van der Waals surface area contributed by atoms with Crippen molar-refractivity contribution in [2.45, 2.75) is 58.4 Å². The lowest BCUT2D eigenvalue weighted by molar-refractivity contribution is -0.384. The number of hydrogen-bond donors (Lipinski definition) is 0. The first kappa shape index (κ1) is 25.5. The van der Waals surface area contributed by atoms with E-state index in [2.05, 4.69) is 0 Å². The van der Waals surface area contributed by atoms with Crippen LogP contribution in [-0.2, 0) is 42.9 Å². The highest BCUT2D eigenvalue weighted by molar-refractivity contribution is 5.68. The van der Waals surface area contributed by atoms with Crippen LogP contribution < -0.4 is 4.74 Å². The summed E-state index contributed by atoms with van der Waals surface area (Å²) in [5.41, 5.74) is -0.191. The van der Waals surface area contributed by atoms with Crippen LogP contribution in [0, 0.1) is 10.1 Å². The van der Waals surface area contributed by atoms with Gasteiger partial charge in [-0.25, -0.2) is 0 Å². The van der Waals surface area contributed by atoms with E-state index in [1.165, 1.54) is 24.3 Å². The summed E-state index contributed by atoms with van der Waals surface area (Å²) in [5, 5.41) is 10.9. The fourth-order valence-corrected chi connectivity index (χ4v) is 3.06. The van der Waals surface area contributed by atoms with Crippen LogP contribution in [0.5, 0.6) is 5.75 Å². The highest BCUT2D eigenvalue weighted by Gasteiger charge is 2.53. The van der Waals surface area contributed by atoms with Crippen LogP contribution in [0.3, 0.4) is 0 Å². The highest BCUT2D eigenvalue weighted by Crippen LogP contribution is 2.31. The third kappa shape index (κ3) is 7.42. The van der Waals surface area contributed by atoms with Crippen molar-refractivity contribution in [3.8, 4) is 5.75 Å². The van der Waals surface area contributed by atoms with Gasteiger partial charge < -0.3 is 28.4 Å². The highest BCUT2D eigenvalue weighted by atomic mass is 16.7. The number of rotatable bonds is 8. The maximum absolute atomic E-state index is 11.8. The fraction of sp³-hybridized carbons (Fsp3) is 0.500. The van der Waals surface area contributed by atoms with Crippen LogP contribution in [0.25, 0.3) is 0 Å². The van der Waals surface area contributed by atoms with E-state index in [9.17, 15) is 29.3 Å². The Kier molecular flexibility index (Phi) is 8.68. The van der Waals surface area contributed by atoms with E-state index < -0.39 is 66.1 Å². The van der Waals surface area contributed by atoms with Crippen LogP contribution in [0.4, 0.5) is 5.69 Å². The first-order valence-electron chi connectivity index (χ1n) is 9.69. The quantitative estimate of drug-likeness (QED) is 0.230. The van der Waals surface area contributed by atoms with E-state index in [4.69, 9.17) is 28.4 Å². The Balaban J connectivity index is 2.43. The molecule has 1 aromatic carbocycles. The van der Waals surface area contributed by atoms with Crippen LogP contribution in [0.15, 0.2) is 24.3 Å². The molecule has 0 radical (unpaired) electrons. The van der Waals surface area contributed by atoms with Crippen molar-refractivity contribution in [1.82, 2.24) is 0 Å². The van der Waals surface area contributed by atoms with Gasteiger partial charge in [-0.2, -0.15) is 0 Å². The molecule has 0 saturated carbocycles. The van der Waals surface area contributed by atoms with E-state index in [1.807, 2.05) is 0 Å². The lowest BCUT2D eigenvalue weighted by Gasteiger charge is -2.43. The van der Waals surface area contributed by atoms with E-state index in [0.717, 1.165) is 27.7 Å². The molecule has 0 aromatic heterocycles. The van der Waals surface area contributed by atoms with Crippen molar-refractivity contribution in [1.29, 1.82) is 0 Å². The molecule has 1 aliphatic heterocycles. The topological polar surface area (TPSA) is 167 Å². The summed E-state index contributed by atoms with van der Waals surface area (Å²) in [6.45, 7) is 4.05. The summed E-state index contributed by atoms with van der Waals surface area (Å²) in [6.07, 6.45) is -6.69. The van der Waals surface area contributed by atoms with Gasteiger partial charge in [0.05, 0.1) is 4.92 Å². The second-order valence-electron chi connectivity index (χ2n) is 6.94. The molecule has 1 heterocycles. The molecular formula is C20H23NO12. The Morgan fingerprint density at radius 2 is 1.36 bits per heavy atom. The third-order valence-electron chi connectivity index (χ3n) is 4.25. The zero-order valence-electron chi connectivity index (χ0n) is 18.2. The molecule has 0 bridgehead atoms. The van der Waals surface area contributed by atoms with Gasteiger partial charge in [0.1, 0.15) is 18.5 Å². The molecular weight excluding hydrogens is 446 g/mol. The number of ether oxygens (including phenoxy) is 6. The second kappa shape index (κ2) is 11.2. The first-order valence-corrected chi connectivity index (χ1v) is 9.69. The zero-order valence-corrected chi connectivity index (χ0v) is 18.2. The Labute approximate surface area is 188 Å². The average Bonchev–Trinajstić information content (AvgIpc) is 2.70. The lowest BCUT2D eigenvalue weighted by atomic mass is 9.98. The Hall–Kier alpha value is -3.74. The van der Waals surface area contributed by atoms with Gasteiger partial charge in [-0.05, 0) is 12.1 Å². The smallest absolute Gasteiger partial charge is 0.303 e. The van der Waals surface area contributed by atoms with Gasteiger partial charge in [-0.3, -0.25) is 29.3 Å². The molecule has 1 saturated heterocycles. The van der Waals surface area contributed by atoms with Crippen LogP contribution in [0.2, 0.25) is 0 Å². The molecule has 13 heteroatoms. The number of carbonyl (C=O) groups is 4. The molecule has 1 aromatic rings. The molecule has 0 N–H and O–H groups in total. The predicted molar refractivity (Wildman–Crippen MR) is 106 cm³/mol. The Morgan fingerprint density at radius 3 is 1.85 bits per heavy atom. The molecule has 0 unspecified atom stereocenters. The van der Waals surface area contributed by atoms with Gasteiger partial charge in [0, 0.05) is 39.8 Å².